The van der Waals surface area contributed by atoms with Gasteiger partial charge in [-0.25, -0.2) is 4.68 Å². The monoisotopic (exact) mass is 489 g/mol. The van der Waals surface area contributed by atoms with Gasteiger partial charge in [-0.3, -0.25) is 9.59 Å². The van der Waals surface area contributed by atoms with Gasteiger partial charge in [0.2, 0.25) is 5.91 Å². The minimum absolute atomic E-state index is 0.0999. The quantitative estimate of drug-likeness (QED) is 0.360. The zero-order valence-electron chi connectivity index (χ0n) is 21.0. The largest absolute Gasteiger partial charge is 0.496 e. The molecule has 0 bridgehead atoms. The van der Waals surface area contributed by atoms with Crippen LogP contribution >= 0.6 is 0 Å². The van der Waals surface area contributed by atoms with E-state index in [1.54, 1.807) is 23.9 Å². The first-order valence-corrected chi connectivity index (χ1v) is 11.9. The van der Waals surface area contributed by atoms with Crippen LogP contribution in [0, 0.1) is 0 Å². The van der Waals surface area contributed by atoms with Crippen molar-refractivity contribution in [3.05, 3.63) is 78.3 Å². The van der Waals surface area contributed by atoms with Crippen LogP contribution in [0.5, 0.6) is 5.75 Å². The second kappa shape index (κ2) is 10.6. The zero-order chi connectivity index (χ0) is 25.7. The Morgan fingerprint density at radius 2 is 1.86 bits per heavy atom. The second-order valence-corrected chi connectivity index (χ2v) is 9.21. The van der Waals surface area contributed by atoms with Crippen LogP contribution in [-0.4, -0.2) is 44.4 Å². The summed E-state index contributed by atoms with van der Waals surface area (Å²) in [6.07, 6.45) is 2.21. The highest BCUT2D eigenvalue weighted by molar-refractivity contribution is 5.89. The van der Waals surface area contributed by atoms with Gasteiger partial charge in [-0.15, -0.1) is 5.10 Å². The summed E-state index contributed by atoms with van der Waals surface area (Å²) >= 11 is 0. The number of rotatable bonds is 10. The Hall–Kier alpha value is -4.14. The fraction of sp³-hybridized carbons (Fsp3) is 0.333. The molecule has 36 heavy (non-hydrogen) atoms. The average Bonchev–Trinajstić information content (AvgIpc) is 3.54. The number of methoxy groups -OCH3 is 1. The lowest BCUT2D eigenvalue weighted by molar-refractivity contribution is -0.143. The predicted octanol–water partition coefficient (Wildman–Crippen LogP) is 4.11. The Bertz CT molecular complexity index is 1330. The van der Waals surface area contributed by atoms with E-state index in [-0.39, 0.29) is 24.9 Å². The lowest BCUT2D eigenvalue weighted by Gasteiger charge is -2.33. The van der Waals surface area contributed by atoms with Crippen molar-refractivity contribution in [2.45, 2.75) is 51.9 Å². The SMILES string of the molecule is CCC(C)(C)NC(=O)[C@H](c1ccco1)N(Cc1ccccc1OC)C(=O)Cn1nnc2ccccc21. The zero-order valence-corrected chi connectivity index (χ0v) is 21.0. The highest BCUT2D eigenvalue weighted by Crippen LogP contribution is 2.29. The van der Waals surface area contributed by atoms with Crippen molar-refractivity contribution in [2.24, 2.45) is 0 Å². The fourth-order valence-electron chi connectivity index (χ4n) is 3.96. The van der Waals surface area contributed by atoms with Crippen molar-refractivity contribution in [2.75, 3.05) is 7.11 Å². The molecular formula is C27H31N5O4. The van der Waals surface area contributed by atoms with Crippen molar-refractivity contribution in [3.8, 4) is 5.75 Å². The molecule has 9 heteroatoms. The number of furan rings is 1. The van der Waals surface area contributed by atoms with Gasteiger partial charge in [0.15, 0.2) is 6.04 Å². The van der Waals surface area contributed by atoms with Gasteiger partial charge < -0.3 is 19.4 Å². The van der Waals surface area contributed by atoms with Crippen LogP contribution < -0.4 is 10.1 Å². The first-order valence-electron chi connectivity index (χ1n) is 11.9. The summed E-state index contributed by atoms with van der Waals surface area (Å²) in [5, 5.41) is 11.4. The first-order chi connectivity index (χ1) is 17.3. The van der Waals surface area contributed by atoms with E-state index < -0.39 is 11.6 Å². The van der Waals surface area contributed by atoms with Crippen LogP contribution in [0.15, 0.2) is 71.3 Å². The molecule has 2 heterocycles. The van der Waals surface area contributed by atoms with E-state index in [9.17, 15) is 9.59 Å². The molecule has 0 radical (unpaired) electrons. The van der Waals surface area contributed by atoms with Crippen molar-refractivity contribution in [1.29, 1.82) is 0 Å². The van der Waals surface area contributed by atoms with Crippen LogP contribution in [0.1, 0.15) is 44.6 Å². The van der Waals surface area contributed by atoms with Crippen molar-refractivity contribution >= 4 is 22.8 Å². The first kappa shape index (κ1) is 25.0. The molecule has 1 atom stereocenters. The molecule has 0 saturated carbocycles. The number of carbonyl (C=O) groups excluding carboxylic acids is 2. The van der Waals surface area contributed by atoms with Gasteiger partial charge in [0, 0.05) is 11.1 Å². The summed E-state index contributed by atoms with van der Waals surface area (Å²) in [5.74, 6) is 0.339. The van der Waals surface area contributed by atoms with E-state index in [0.717, 1.165) is 17.5 Å². The number of aromatic nitrogens is 3. The Morgan fingerprint density at radius 3 is 2.58 bits per heavy atom. The number of nitrogens with one attached hydrogen (secondary N) is 1. The van der Waals surface area contributed by atoms with E-state index in [2.05, 4.69) is 15.6 Å². The van der Waals surface area contributed by atoms with Gasteiger partial charge in [-0.2, -0.15) is 0 Å². The average molecular weight is 490 g/mol. The Kier molecular flexibility index (Phi) is 7.38. The van der Waals surface area contributed by atoms with E-state index in [4.69, 9.17) is 9.15 Å². The Morgan fingerprint density at radius 1 is 1.11 bits per heavy atom. The molecule has 9 nitrogen and oxygen atoms in total. The molecule has 0 aliphatic rings. The second-order valence-electron chi connectivity index (χ2n) is 9.21. The summed E-state index contributed by atoms with van der Waals surface area (Å²) in [5.41, 5.74) is 1.71. The Balaban J connectivity index is 1.75. The van der Waals surface area contributed by atoms with Gasteiger partial charge in [-0.1, -0.05) is 42.5 Å². The van der Waals surface area contributed by atoms with Crippen LogP contribution in [0.3, 0.4) is 0 Å². The number of fused-ring (bicyclic) bond motifs is 1. The number of hydrogen-bond donors (Lipinski definition) is 1. The van der Waals surface area contributed by atoms with Crippen LogP contribution in [0.25, 0.3) is 11.0 Å². The summed E-state index contributed by atoms with van der Waals surface area (Å²) in [4.78, 5) is 29.1. The maximum Gasteiger partial charge on any atom is 0.251 e. The van der Waals surface area contributed by atoms with Gasteiger partial charge in [0.25, 0.3) is 5.91 Å². The number of carbonyl (C=O) groups is 2. The smallest absolute Gasteiger partial charge is 0.251 e. The van der Waals surface area contributed by atoms with Gasteiger partial charge in [0.1, 0.15) is 23.6 Å². The number of amides is 2. The normalized spacial score (nSPS) is 12.3. The lowest BCUT2D eigenvalue weighted by Crippen LogP contribution is -2.50. The van der Waals surface area contributed by atoms with Gasteiger partial charge in [0.05, 0.1) is 25.4 Å². The predicted molar refractivity (Wildman–Crippen MR) is 135 cm³/mol. The minimum Gasteiger partial charge on any atom is -0.496 e. The van der Waals surface area contributed by atoms with Crippen molar-refractivity contribution in [1.82, 2.24) is 25.2 Å². The molecule has 4 aromatic rings. The molecule has 1 N–H and O–H groups in total. The third-order valence-electron chi connectivity index (χ3n) is 6.28. The maximum atomic E-state index is 13.9. The summed E-state index contributed by atoms with van der Waals surface area (Å²) in [6, 6.07) is 17.3. The topological polar surface area (TPSA) is 102 Å². The summed E-state index contributed by atoms with van der Waals surface area (Å²) < 4.78 is 12.7. The molecule has 0 spiro atoms. The lowest BCUT2D eigenvalue weighted by atomic mass is 10.0. The number of nitrogens with zero attached hydrogens (tertiary/aromatic N) is 4. The molecule has 0 fully saturated rings. The molecule has 188 valence electrons. The van der Waals surface area contributed by atoms with Crippen LogP contribution in [-0.2, 0) is 22.7 Å². The minimum atomic E-state index is -1.00. The van der Waals surface area contributed by atoms with Crippen molar-refractivity contribution in [3.63, 3.8) is 0 Å². The van der Waals surface area contributed by atoms with E-state index in [0.29, 0.717) is 17.0 Å². The molecule has 0 saturated heterocycles. The fourth-order valence-corrected chi connectivity index (χ4v) is 3.96. The highest BCUT2D eigenvalue weighted by Gasteiger charge is 2.36. The molecule has 0 aliphatic carbocycles. The molecule has 0 unspecified atom stereocenters. The third-order valence-corrected chi connectivity index (χ3v) is 6.28. The van der Waals surface area contributed by atoms with Crippen molar-refractivity contribution < 1.29 is 18.7 Å². The molecule has 2 amide bonds. The standard InChI is InChI=1S/C27H31N5O4/c1-5-27(2,3)28-26(34)25(23-15-10-16-36-23)31(17-19-11-6-9-14-22(19)35-4)24(33)18-32-21-13-8-7-12-20(21)29-30-32/h6-16,25H,5,17-18H2,1-4H3,(H,28,34)/t25-/m0/s1. The van der Waals surface area contributed by atoms with Gasteiger partial charge >= 0.3 is 0 Å². The molecule has 4 rings (SSSR count). The molecule has 0 aliphatic heterocycles. The number of benzene rings is 2. The third kappa shape index (κ3) is 5.40. The summed E-state index contributed by atoms with van der Waals surface area (Å²) in [7, 11) is 1.58. The van der Waals surface area contributed by atoms with Crippen LogP contribution in [0.2, 0.25) is 0 Å². The number of para-hydroxylation sites is 2. The maximum absolute atomic E-state index is 13.9. The van der Waals surface area contributed by atoms with Crippen LogP contribution in [0.4, 0.5) is 0 Å². The van der Waals surface area contributed by atoms with E-state index in [1.165, 1.54) is 11.2 Å². The summed E-state index contributed by atoms with van der Waals surface area (Å²) in [6.45, 7) is 5.91. The van der Waals surface area contributed by atoms with E-state index >= 15 is 0 Å². The van der Waals surface area contributed by atoms with Gasteiger partial charge in [-0.05, 0) is 50.6 Å². The molecular weight excluding hydrogens is 458 g/mol. The number of ether oxygens (including phenoxy) is 1. The number of hydrogen-bond acceptors (Lipinski definition) is 6. The molecule has 2 aromatic heterocycles. The van der Waals surface area contributed by atoms with E-state index in [1.807, 2.05) is 69.3 Å². The highest BCUT2D eigenvalue weighted by atomic mass is 16.5. The molecule has 2 aromatic carbocycles. The Labute approximate surface area is 210 Å².